The number of nitrogens with zero attached hydrogens (tertiary/aromatic N) is 1. The van der Waals surface area contributed by atoms with Gasteiger partial charge in [0, 0.05) is 17.8 Å². The maximum atomic E-state index is 13.0. The summed E-state index contributed by atoms with van der Waals surface area (Å²) in [5, 5.41) is 4.75. The molecule has 1 N–H and O–H groups in total. The van der Waals surface area contributed by atoms with E-state index in [0.717, 1.165) is 16.9 Å². The van der Waals surface area contributed by atoms with Crippen molar-refractivity contribution in [3.05, 3.63) is 75.4 Å². The van der Waals surface area contributed by atoms with Gasteiger partial charge in [-0.1, -0.05) is 35.4 Å². The van der Waals surface area contributed by atoms with E-state index in [1.165, 1.54) is 17.4 Å². The summed E-state index contributed by atoms with van der Waals surface area (Å²) in [7, 11) is -2.41. The van der Waals surface area contributed by atoms with Crippen LogP contribution in [0.5, 0.6) is 0 Å². The van der Waals surface area contributed by atoms with Crippen LogP contribution in [0.4, 0.5) is 11.4 Å². The van der Waals surface area contributed by atoms with E-state index in [4.69, 9.17) is 11.6 Å². The van der Waals surface area contributed by atoms with Crippen molar-refractivity contribution in [1.29, 1.82) is 0 Å². The van der Waals surface area contributed by atoms with Gasteiger partial charge in [0.05, 0.1) is 5.69 Å². The van der Waals surface area contributed by atoms with Crippen LogP contribution >= 0.6 is 22.9 Å². The molecule has 1 aromatic heterocycles. The number of thiophene rings is 1. The third kappa shape index (κ3) is 4.16. The van der Waals surface area contributed by atoms with Crippen molar-refractivity contribution in [2.24, 2.45) is 0 Å². The topological polar surface area (TPSA) is 66.5 Å². The summed E-state index contributed by atoms with van der Waals surface area (Å²) in [5.74, 6) is -0.497. The highest BCUT2D eigenvalue weighted by molar-refractivity contribution is 7.93. The monoisotopic (exact) mass is 420 g/mol. The lowest BCUT2D eigenvalue weighted by Gasteiger charge is -2.19. The van der Waals surface area contributed by atoms with Crippen LogP contribution < -0.4 is 9.62 Å². The van der Waals surface area contributed by atoms with Crippen molar-refractivity contribution in [2.45, 2.75) is 11.8 Å². The van der Waals surface area contributed by atoms with Crippen molar-refractivity contribution in [1.82, 2.24) is 0 Å². The van der Waals surface area contributed by atoms with Gasteiger partial charge in [0.15, 0.2) is 0 Å². The zero-order valence-corrected chi connectivity index (χ0v) is 17.0. The highest BCUT2D eigenvalue weighted by Gasteiger charge is 2.28. The van der Waals surface area contributed by atoms with Crippen LogP contribution in [0.1, 0.15) is 15.2 Å². The van der Waals surface area contributed by atoms with E-state index in [1.54, 1.807) is 41.8 Å². The first-order chi connectivity index (χ1) is 12.8. The molecule has 0 fully saturated rings. The number of carbonyl (C=O) groups excluding carboxylic acids is 1. The number of anilines is 2. The van der Waals surface area contributed by atoms with Crippen molar-refractivity contribution in [3.63, 3.8) is 0 Å². The fourth-order valence-electron chi connectivity index (χ4n) is 2.46. The van der Waals surface area contributed by atoms with Crippen molar-refractivity contribution in [3.8, 4) is 0 Å². The fraction of sp³-hybridized carbons (Fsp3) is 0.105. The first kappa shape index (κ1) is 19.4. The Morgan fingerprint density at radius 3 is 2.48 bits per heavy atom. The summed E-state index contributed by atoms with van der Waals surface area (Å²) in [5.41, 5.74) is 2.05. The molecule has 3 aromatic rings. The third-order valence-electron chi connectivity index (χ3n) is 3.95. The van der Waals surface area contributed by atoms with E-state index in [1.807, 2.05) is 19.1 Å². The van der Waals surface area contributed by atoms with Gasteiger partial charge in [-0.3, -0.25) is 9.10 Å². The first-order valence-electron chi connectivity index (χ1n) is 7.99. The molecule has 0 unspecified atom stereocenters. The number of halogens is 1. The maximum absolute atomic E-state index is 13.0. The molecule has 3 rings (SSSR count). The summed E-state index contributed by atoms with van der Waals surface area (Å²) in [4.78, 5) is 12.7. The summed E-state index contributed by atoms with van der Waals surface area (Å²) in [6.45, 7) is 1.93. The summed E-state index contributed by atoms with van der Waals surface area (Å²) >= 11 is 7.00. The molecule has 5 nitrogen and oxygen atoms in total. The number of aryl methyl sites for hydroxylation is 1. The van der Waals surface area contributed by atoms with Crippen molar-refractivity contribution < 1.29 is 13.2 Å². The smallest absolute Gasteiger partial charge is 0.267 e. The minimum atomic E-state index is -3.88. The molecule has 0 aliphatic rings. The number of rotatable bonds is 5. The average molecular weight is 421 g/mol. The number of benzene rings is 2. The number of carbonyl (C=O) groups is 1. The predicted octanol–water partition coefficient (Wildman–Crippen LogP) is 4.79. The molecule has 0 saturated carbocycles. The lowest BCUT2D eigenvalue weighted by molar-refractivity contribution is 0.102. The van der Waals surface area contributed by atoms with Crippen molar-refractivity contribution in [2.75, 3.05) is 16.7 Å². The van der Waals surface area contributed by atoms with Crippen LogP contribution in [0.15, 0.2) is 64.9 Å². The SMILES string of the molecule is Cc1ccc(N(C)S(=O)(=O)c2ccsc2C(=O)Nc2cccc(Cl)c2)cc1. The Hall–Kier alpha value is -2.35. The van der Waals surface area contributed by atoms with E-state index in [-0.39, 0.29) is 9.77 Å². The van der Waals surface area contributed by atoms with Gasteiger partial charge in [0.25, 0.3) is 15.9 Å². The van der Waals surface area contributed by atoms with Gasteiger partial charge in [-0.2, -0.15) is 0 Å². The van der Waals surface area contributed by atoms with Gasteiger partial charge in [-0.25, -0.2) is 8.42 Å². The summed E-state index contributed by atoms with van der Waals surface area (Å²) < 4.78 is 27.3. The predicted molar refractivity (Wildman–Crippen MR) is 110 cm³/mol. The molecular formula is C19H17ClN2O3S2. The van der Waals surface area contributed by atoms with E-state index in [9.17, 15) is 13.2 Å². The molecule has 0 radical (unpaired) electrons. The van der Waals surface area contributed by atoms with Crippen LogP contribution in [0, 0.1) is 6.92 Å². The van der Waals surface area contributed by atoms with Gasteiger partial charge >= 0.3 is 0 Å². The van der Waals surface area contributed by atoms with Gasteiger partial charge < -0.3 is 5.32 Å². The molecule has 0 spiro atoms. The van der Waals surface area contributed by atoms with Crippen LogP contribution in [-0.2, 0) is 10.0 Å². The second-order valence-electron chi connectivity index (χ2n) is 5.89. The second-order valence-corrected chi connectivity index (χ2v) is 9.18. The molecule has 0 saturated heterocycles. The Balaban J connectivity index is 1.90. The van der Waals surface area contributed by atoms with Crippen LogP contribution in [-0.4, -0.2) is 21.4 Å². The lowest BCUT2D eigenvalue weighted by atomic mass is 10.2. The number of nitrogens with one attached hydrogen (secondary N) is 1. The van der Waals surface area contributed by atoms with E-state index in [2.05, 4.69) is 5.32 Å². The minimum absolute atomic E-state index is 0.0323. The fourth-order valence-corrected chi connectivity index (χ4v) is 5.14. The standard InChI is InChI=1S/C19H17ClN2O3S2/c1-13-6-8-16(9-7-13)22(2)27(24,25)17-10-11-26-18(17)19(23)21-15-5-3-4-14(20)12-15/h3-12H,1-2H3,(H,21,23). The molecule has 2 aromatic carbocycles. The Morgan fingerprint density at radius 2 is 1.81 bits per heavy atom. The van der Waals surface area contributed by atoms with E-state index in [0.29, 0.717) is 16.4 Å². The Morgan fingerprint density at radius 1 is 1.11 bits per heavy atom. The molecule has 1 amide bonds. The highest BCUT2D eigenvalue weighted by atomic mass is 35.5. The van der Waals surface area contributed by atoms with Gasteiger partial charge in [-0.05, 0) is 48.7 Å². The molecule has 0 aliphatic heterocycles. The van der Waals surface area contributed by atoms with Gasteiger partial charge in [0.1, 0.15) is 9.77 Å². The molecule has 0 aliphatic carbocycles. The third-order valence-corrected chi connectivity index (χ3v) is 7.06. The maximum Gasteiger partial charge on any atom is 0.267 e. The lowest BCUT2D eigenvalue weighted by Crippen LogP contribution is -2.28. The number of sulfonamides is 1. The van der Waals surface area contributed by atoms with Gasteiger partial charge in [0.2, 0.25) is 0 Å². The minimum Gasteiger partial charge on any atom is -0.321 e. The van der Waals surface area contributed by atoms with E-state index >= 15 is 0 Å². The summed E-state index contributed by atoms with van der Waals surface area (Å²) in [6, 6.07) is 15.2. The summed E-state index contributed by atoms with van der Waals surface area (Å²) in [6.07, 6.45) is 0. The van der Waals surface area contributed by atoms with E-state index < -0.39 is 15.9 Å². The van der Waals surface area contributed by atoms with Gasteiger partial charge in [-0.15, -0.1) is 11.3 Å². The van der Waals surface area contributed by atoms with Crippen molar-refractivity contribution >= 4 is 50.2 Å². The average Bonchev–Trinajstić information content (AvgIpc) is 3.12. The molecule has 0 bridgehead atoms. The number of amides is 1. The Bertz CT molecular complexity index is 1080. The largest absolute Gasteiger partial charge is 0.321 e. The molecule has 27 heavy (non-hydrogen) atoms. The molecular weight excluding hydrogens is 404 g/mol. The normalized spacial score (nSPS) is 11.2. The second kappa shape index (κ2) is 7.72. The number of hydrogen-bond acceptors (Lipinski definition) is 4. The van der Waals surface area contributed by atoms with Crippen LogP contribution in [0.25, 0.3) is 0 Å². The first-order valence-corrected chi connectivity index (χ1v) is 10.7. The van der Waals surface area contributed by atoms with Crippen LogP contribution in [0.3, 0.4) is 0 Å². The molecule has 8 heteroatoms. The Labute approximate surface area is 167 Å². The van der Waals surface area contributed by atoms with Crippen LogP contribution in [0.2, 0.25) is 5.02 Å². The zero-order chi connectivity index (χ0) is 19.6. The highest BCUT2D eigenvalue weighted by Crippen LogP contribution is 2.29. The quantitative estimate of drug-likeness (QED) is 0.645. The molecule has 0 atom stereocenters. The molecule has 1 heterocycles. The Kier molecular flexibility index (Phi) is 5.55. The molecule has 140 valence electrons. The number of hydrogen-bond donors (Lipinski definition) is 1. The zero-order valence-electron chi connectivity index (χ0n) is 14.6.